The van der Waals surface area contributed by atoms with Gasteiger partial charge in [-0.05, 0) is 45.5 Å². The molecule has 0 heterocycles. The number of nitrogens with one attached hydrogen (secondary N) is 1. The molecular formula is C14H22ClNO2. The summed E-state index contributed by atoms with van der Waals surface area (Å²) in [6, 6.07) is 5.89. The smallest absolute Gasteiger partial charge is 0.137 e. The maximum absolute atomic E-state index is 6.02. The minimum Gasteiger partial charge on any atom is -0.495 e. The molecule has 102 valence electrons. The molecule has 1 unspecified atom stereocenters. The van der Waals surface area contributed by atoms with Crippen molar-refractivity contribution < 1.29 is 9.47 Å². The molecule has 0 amide bonds. The Bertz CT molecular complexity index is 388. The number of hydrogen-bond donors (Lipinski definition) is 1. The molecule has 1 aromatic rings. The van der Waals surface area contributed by atoms with E-state index in [1.807, 2.05) is 46.0 Å². The van der Waals surface area contributed by atoms with Crippen LogP contribution < -0.4 is 10.1 Å². The van der Waals surface area contributed by atoms with Crippen LogP contribution in [0.1, 0.15) is 32.4 Å². The van der Waals surface area contributed by atoms with E-state index in [0.717, 1.165) is 5.56 Å². The first-order valence-corrected chi connectivity index (χ1v) is 6.40. The number of rotatable bonds is 5. The molecule has 0 aromatic heterocycles. The number of benzene rings is 1. The van der Waals surface area contributed by atoms with Gasteiger partial charge in [-0.2, -0.15) is 0 Å². The largest absolute Gasteiger partial charge is 0.495 e. The van der Waals surface area contributed by atoms with Crippen molar-refractivity contribution in [3.63, 3.8) is 0 Å². The second-order valence-corrected chi connectivity index (χ2v) is 5.57. The number of hydrogen-bond acceptors (Lipinski definition) is 3. The van der Waals surface area contributed by atoms with Crippen LogP contribution in [0.5, 0.6) is 5.75 Å². The zero-order valence-electron chi connectivity index (χ0n) is 11.7. The van der Waals surface area contributed by atoms with Crippen LogP contribution in [0.25, 0.3) is 0 Å². The van der Waals surface area contributed by atoms with E-state index < -0.39 is 0 Å². The lowest BCUT2D eigenvalue weighted by molar-refractivity contribution is -0.0139. The van der Waals surface area contributed by atoms with E-state index in [0.29, 0.717) is 17.4 Å². The summed E-state index contributed by atoms with van der Waals surface area (Å²) in [6.07, 6.45) is 0. The van der Waals surface area contributed by atoms with Gasteiger partial charge < -0.3 is 14.8 Å². The summed E-state index contributed by atoms with van der Waals surface area (Å²) < 4.78 is 11.0. The van der Waals surface area contributed by atoms with Crippen LogP contribution in [0.4, 0.5) is 0 Å². The van der Waals surface area contributed by atoms with E-state index in [9.17, 15) is 0 Å². The molecule has 0 aliphatic carbocycles. The van der Waals surface area contributed by atoms with Gasteiger partial charge in [-0.1, -0.05) is 17.7 Å². The molecule has 18 heavy (non-hydrogen) atoms. The average molecular weight is 272 g/mol. The van der Waals surface area contributed by atoms with Crippen LogP contribution in [0, 0.1) is 0 Å². The number of likely N-dealkylation sites (N-methyl/N-ethyl adjacent to an activating group) is 1. The number of halogens is 1. The highest BCUT2D eigenvalue weighted by molar-refractivity contribution is 6.32. The summed E-state index contributed by atoms with van der Waals surface area (Å²) in [6.45, 7) is 6.73. The highest BCUT2D eigenvalue weighted by atomic mass is 35.5. The van der Waals surface area contributed by atoms with Crippen molar-refractivity contribution in [2.45, 2.75) is 32.4 Å². The fourth-order valence-electron chi connectivity index (χ4n) is 1.57. The molecule has 0 saturated carbocycles. The molecule has 1 rings (SSSR count). The van der Waals surface area contributed by atoms with E-state index in [1.165, 1.54) is 0 Å². The standard InChI is InChI=1S/C14H22ClNO2/c1-14(2,3)18-9-12(16-4)10-6-7-11(15)13(8-10)17-5/h6-8,12,16H,9H2,1-5H3. The molecule has 1 aromatic carbocycles. The summed E-state index contributed by atoms with van der Waals surface area (Å²) in [5.41, 5.74) is 0.953. The minimum atomic E-state index is -0.147. The Balaban J connectivity index is 2.82. The normalized spacial score (nSPS) is 13.4. The van der Waals surface area contributed by atoms with Gasteiger partial charge in [-0.25, -0.2) is 0 Å². The van der Waals surface area contributed by atoms with Crippen LogP contribution in [-0.4, -0.2) is 26.4 Å². The highest BCUT2D eigenvalue weighted by Gasteiger charge is 2.16. The first-order valence-electron chi connectivity index (χ1n) is 6.02. The summed E-state index contributed by atoms with van der Waals surface area (Å²) in [7, 11) is 3.53. The van der Waals surface area contributed by atoms with Crippen LogP contribution in [0.15, 0.2) is 18.2 Å². The molecular weight excluding hydrogens is 250 g/mol. The van der Waals surface area contributed by atoms with Gasteiger partial charge in [0.15, 0.2) is 0 Å². The molecule has 0 aliphatic rings. The summed E-state index contributed by atoms with van der Waals surface area (Å²) in [5, 5.41) is 3.86. The quantitative estimate of drug-likeness (QED) is 0.890. The zero-order chi connectivity index (χ0) is 13.8. The van der Waals surface area contributed by atoms with Gasteiger partial charge in [-0.15, -0.1) is 0 Å². The van der Waals surface area contributed by atoms with Gasteiger partial charge in [0.2, 0.25) is 0 Å². The summed E-state index contributed by atoms with van der Waals surface area (Å²) >= 11 is 6.02. The van der Waals surface area contributed by atoms with Crippen molar-refractivity contribution >= 4 is 11.6 Å². The fourth-order valence-corrected chi connectivity index (χ4v) is 1.77. The Morgan fingerprint density at radius 3 is 2.50 bits per heavy atom. The van der Waals surface area contributed by atoms with Crippen LogP contribution in [0.3, 0.4) is 0 Å². The van der Waals surface area contributed by atoms with Crippen molar-refractivity contribution in [3.8, 4) is 5.75 Å². The van der Waals surface area contributed by atoms with Crippen molar-refractivity contribution in [1.29, 1.82) is 0 Å². The molecule has 0 fully saturated rings. The Morgan fingerprint density at radius 1 is 1.33 bits per heavy atom. The van der Waals surface area contributed by atoms with Gasteiger partial charge in [0.25, 0.3) is 0 Å². The Morgan fingerprint density at radius 2 is 2.00 bits per heavy atom. The Labute approximate surface area is 114 Å². The summed E-state index contributed by atoms with van der Waals surface area (Å²) in [4.78, 5) is 0. The molecule has 0 spiro atoms. The van der Waals surface area contributed by atoms with Gasteiger partial charge in [-0.3, -0.25) is 0 Å². The van der Waals surface area contributed by atoms with Gasteiger partial charge in [0.1, 0.15) is 5.75 Å². The van der Waals surface area contributed by atoms with Gasteiger partial charge in [0.05, 0.1) is 30.4 Å². The zero-order valence-corrected chi connectivity index (χ0v) is 12.5. The average Bonchev–Trinajstić information content (AvgIpc) is 2.30. The van der Waals surface area contributed by atoms with Crippen LogP contribution in [0.2, 0.25) is 5.02 Å². The highest BCUT2D eigenvalue weighted by Crippen LogP contribution is 2.28. The van der Waals surface area contributed by atoms with Crippen molar-refractivity contribution in [3.05, 3.63) is 28.8 Å². The molecule has 1 N–H and O–H groups in total. The second kappa shape index (κ2) is 6.41. The van der Waals surface area contributed by atoms with Crippen LogP contribution >= 0.6 is 11.6 Å². The lowest BCUT2D eigenvalue weighted by Gasteiger charge is -2.24. The first-order chi connectivity index (χ1) is 8.37. The fraction of sp³-hybridized carbons (Fsp3) is 0.571. The van der Waals surface area contributed by atoms with Crippen molar-refractivity contribution in [2.24, 2.45) is 0 Å². The van der Waals surface area contributed by atoms with Crippen LogP contribution in [-0.2, 0) is 4.74 Å². The van der Waals surface area contributed by atoms with E-state index >= 15 is 0 Å². The third-order valence-electron chi connectivity index (χ3n) is 2.61. The molecule has 3 nitrogen and oxygen atoms in total. The molecule has 0 saturated heterocycles. The van der Waals surface area contributed by atoms with E-state index in [1.54, 1.807) is 7.11 Å². The van der Waals surface area contributed by atoms with Gasteiger partial charge in [0, 0.05) is 0 Å². The number of methoxy groups -OCH3 is 1. The Hall–Kier alpha value is -0.770. The van der Waals surface area contributed by atoms with Gasteiger partial charge >= 0.3 is 0 Å². The molecule has 0 bridgehead atoms. The monoisotopic (exact) mass is 271 g/mol. The third kappa shape index (κ3) is 4.48. The maximum atomic E-state index is 6.02. The van der Waals surface area contributed by atoms with E-state index in [2.05, 4.69) is 5.32 Å². The third-order valence-corrected chi connectivity index (χ3v) is 2.92. The molecule has 1 atom stereocenters. The SMILES string of the molecule is CNC(COC(C)(C)C)c1ccc(Cl)c(OC)c1. The topological polar surface area (TPSA) is 30.5 Å². The van der Waals surface area contributed by atoms with E-state index in [-0.39, 0.29) is 11.6 Å². The van der Waals surface area contributed by atoms with Crippen molar-refractivity contribution in [1.82, 2.24) is 5.32 Å². The molecule has 0 radical (unpaired) electrons. The maximum Gasteiger partial charge on any atom is 0.137 e. The van der Waals surface area contributed by atoms with Crippen molar-refractivity contribution in [2.75, 3.05) is 20.8 Å². The lowest BCUT2D eigenvalue weighted by atomic mass is 10.1. The number of ether oxygens (including phenoxy) is 2. The second-order valence-electron chi connectivity index (χ2n) is 5.16. The lowest BCUT2D eigenvalue weighted by Crippen LogP contribution is -2.28. The first kappa shape index (κ1) is 15.3. The van der Waals surface area contributed by atoms with E-state index in [4.69, 9.17) is 21.1 Å². The summed E-state index contributed by atoms with van der Waals surface area (Å²) in [5.74, 6) is 0.685. The molecule has 0 aliphatic heterocycles. The predicted molar refractivity (Wildman–Crippen MR) is 75.5 cm³/mol. The minimum absolute atomic E-state index is 0.121. The molecule has 4 heteroatoms. The Kier molecular flexibility index (Phi) is 5.45. The predicted octanol–water partition coefficient (Wildman–Crippen LogP) is 3.42.